The summed E-state index contributed by atoms with van der Waals surface area (Å²) in [5.74, 6) is -0.893. The molecule has 2 aromatic rings. The van der Waals surface area contributed by atoms with Crippen LogP contribution >= 0.6 is 0 Å². The third-order valence-electron chi connectivity index (χ3n) is 4.03. The van der Waals surface area contributed by atoms with E-state index < -0.39 is 11.8 Å². The number of nitrogens with zero attached hydrogens (tertiary/aromatic N) is 1. The van der Waals surface area contributed by atoms with Crippen LogP contribution < -0.4 is 20.9 Å². The van der Waals surface area contributed by atoms with Crippen molar-refractivity contribution in [3.8, 4) is 5.75 Å². The van der Waals surface area contributed by atoms with Gasteiger partial charge in [-0.05, 0) is 12.1 Å². The van der Waals surface area contributed by atoms with E-state index in [4.69, 9.17) is 20.6 Å². The van der Waals surface area contributed by atoms with Crippen LogP contribution in [0, 0.1) is 11.2 Å². The van der Waals surface area contributed by atoms with Gasteiger partial charge in [0.2, 0.25) is 5.56 Å². The van der Waals surface area contributed by atoms with Crippen molar-refractivity contribution in [3.63, 3.8) is 0 Å². The van der Waals surface area contributed by atoms with Crippen LogP contribution in [-0.2, 0) is 16.1 Å². The summed E-state index contributed by atoms with van der Waals surface area (Å²) in [5, 5.41) is 7.05. The molecule has 0 bridgehead atoms. The summed E-state index contributed by atoms with van der Waals surface area (Å²) in [4.78, 5) is 26.8. The quantitative estimate of drug-likeness (QED) is 0.380. The average Bonchev–Trinajstić information content (AvgIpc) is 2.58. The summed E-state index contributed by atoms with van der Waals surface area (Å²) < 4.78 is 25.3. The molecule has 3 rings (SSSR count). The zero-order chi connectivity index (χ0) is 19.4. The zero-order valence-corrected chi connectivity index (χ0v) is 14.4. The number of amidine groups is 1. The summed E-state index contributed by atoms with van der Waals surface area (Å²) in [5.41, 5.74) is 5.57. The normalized spacial score (nSPS) is 13.7. The molecule has 2 heterocycles. The van der Waals surface area contributed by atoms with Crippen molar-refractivity contribution in [1.82, 2.24) is 4.98 Å². The Morgan fingerprint density at radius 1 is 1.33 bits per heavy atom. The van der Waals surface area contributed by atoms with E-state index in [2.05, 4.69) is 4.98 Å². The van der Waals surface area contributed by atoms with E-state index >= 15 is 0 Å². The molecule has 8 nitrogen and oxygen atoms in total. The maximum atomic E-state index is 14.7. The molecule has 0 amide bonds. The molecule has 0 spiro atoms. The van der Waals surface area contributed by atoms with E-state index in [-0.39, 0.29) is 36.1 Å². The Balaban J connectivity index is 1.56. The number of halogens is 1. The van der Waals surface area contributed by atoms with Gasteiger partial charge in [0.15, 0.2) is 5.82 Å². The number of hydrogen-bond acceptors (Lipinski definition) is 6. The Morgan fingerprint density at radius 3 is 2.78 bits per heavy atom. The van der Waals surface area contributed by atoms with Crippen molar-refractivity contribution in [2.75, 3.05) is 18.0 Å². The predicted octanol–water partition coefficient (Wildman–Crippen LogP) is 1.15. The average molecular weight is 374 g/mol. The second kappa shape index (κ2) is 7.90. The van der Waals surface area contributed by atoms with Gasteiger partial charge in [0.05, 0.1) is 18.8 Å². The van der Waals surface area contributed by atoms with Gasteiger partial charge in [-0.1, -0.05) is 12.1 Å². The summed E-state index contributed by atoms with van der Waals surface area (Å²) in [6, 6.07) is 7.82. The Morgan fingerprint density at radius 2 is 2.11 bits per heavy atom. The highest BCUT2D eigenvalue weighted by Crippen LogP contribution is 2.28. The van der Waals surface area contributed by atoms with Gasteiger partial charge < -0.3 is 25.1 Å². The second-order valence-corrected chi connectivity index (χ2v) is 6.15. The Bertz CT molecular complexity index is 888. The molecular weight excluding hydrogens is 355 g/mol. The monoisotopic (exact) mass is 374 g/mol. The number of carbonyl (C=O) groups excluding carboxylic acids is 1. The molecule has 1 aromatic heterocycles. The molecular formula is C18H19FN4O4. The first-order chi connectivity index (χ1) is 12.9. The lowest BCUT2D eigenvalue weighted by molar-refractivity contribution is -0.143. The number of anilines is 1. The molecule has 0 aliphatic carbocycles. The largest absolute Gasteiger partial charge is 0.485 e. The van der Waals surface area contributed by atoms with Gasteiger partial charge >= 0.3 is 5.97 Å². The van der Waals surface area contributed by atoms with Crippen LogP contribution in [0.4, 0.5) is 10.1 Å². The number of ether oxygens (including phenoxy) is 2. The van der Waals surface area contributed by atoms with Crippen molar-refractivity contribution in [1.29, 1.82) is 5.41 Å². The topological polar surface area (TPSA) is 122 Å². The lowest BCUT2D eigenvalue weighted by Crippen LogP contribution is -2.54. The van der Waals surface area contributed by atoms with Gasteiger partial charge in [-0.2, -0.15) is 0 Å². The van der Waals surface area contributed by atoms with Crippen LogP contribution in [0.15, 0.2) is 41.3 Å². The molecule has 0 radical (unpaired) electrons. The minimum absolute atomic E-state index is 0.118. The van der Waals surface area contributed by atoms with Crippen LogP contribution in [0.25, 0.3) is 0 Å². The maximum absolute atomic E-state index is 14.7. The van der Waals surface area contributed by atoms with Crippen LogP contribution in [0.5, 0.6) is 5.75 Å². The van der Waals surface area contributed by atoms with Gasteiger partial charge in [-0.15, -0.1) is 0 Å². The number of pyridine rings is 1. The lowest BCUT2D eigenvalue weighted by Gasteiger charge is -2.40. The fourth-order valence-corrected chi connectivity index (χ4v) is 2.66. The fourth-order valence-electron chi connectivity index (χ4n) is 2.66. The molecule has 27 heavy (non-hydrogen) atoms. The van der Waals surface area contributed by atoms with E-state index in [1.54, 1.807) is 18.2 Å². The number of esters is 1. The number of nitrogens with one attached hydrogen (secondary N) is 2. The van der Waals surface area contributed by atoms with E-state index in [0.29, 0.717) is 24.5 Å². The third-order valence-corrected chi connectivity index (χ3v) is 4.03. The predicted molar refractivity (Wildman–Crippen MR) is 96.4 cm³/mol. The first-order valence-electron chi connectivity index (χ1n) is 8.28. The zero-order valence-electron chi connectivity index (χ0n) is 14.4. The van der Waals surface area contributed by atoms with Crippen molar-refractivity contribution in [2.45, 2.75) is 19.1 Å². The molecule has 1 aliphatic rings. The molecule has 1 aliphatic heterocycles. The van der Waals surface area contributed by atoms with E-state index in [0.717, 1.165) is 0 Å². The van der Waals surface area contributed by atoms with Crippen molar-refractivity contribution < 1.29 is 18.7 Å². The molecule has 4 N–H and O–H groups in total. The van der Waals surface area contributed by atoms with E-state index in [9.17, 15) is 14.0 Å². The molecule has 9 heteroatoms. The van der Waals surface area contributed by atoms with Crippen molar-refractivity contribution in [2.24, 2.45) is 5.73 Å². The number of rotatable bonds is 7. The number of benzene rings is 1. The number of aromatic amines is 1. The number of carbonyl (C=O) groups is 1. The van der Waals surface area contributed by atoms with Gasteiger partial charge in [0.25, 0.3) is 0 Å². The minimum Gasteiger partial charge on any atom is -0.485 e. The smallest absolute Gasteiger partial charge is 0.313 e. The number of hydrogen-bond donors (Lipinski definition) is 3. The highest BCUT2D eigenvalue weighted by atomic mass is 19.1. The Labute approximate surface area is 154 Å². The molecule has 1 aromatic carbocycles. The molecule has 1 fully saturated rings. The van der Waals surface area contributed by atoms with Crippen molar-refractivity contribution >= 4 is 17.5 Å². The maximum Gasteiger partial charge on any atom is 0.313 e. The van der Waals surface area contributed by atoms with Gasteiger partial charge in [0, 0.05) is 17.8 Å². The standard InChI is InChI=1S/C18H19FN4O4/c19-18-11(10-26-17(25)6-15(20)21)2-1-3-14(18)23-8-13(9-23)27-12-4-5-16(24)22-7-12/h1-5,7,13H,6,8-10H2,(H3,20,21)(H,22,24). The lowest BCUT2D eigenvalue weighted by atomic mass is 10.1. The molecule has 0 unspecified atom stereocenters. The first kappa shape index (κ1) is 18.4. The molecule has 1 saturated heterocycles. The van der Waals surface area contributed by atoms with E-state index in [1.807, 2.05) is 4.90 Å². The summed E-state index contributed by atoms with van der Waals surface area (Å²) in [6.45, 7) is 0.754. The van der Waals surface area contributed by atoms with Crippen LogP contribution in [0.2, 0.25) is 0 Å². The summed E-state index contributed by atoms with van der Waals surface area (Å²) >= 11 is 0. The SMILES string of the molecule is N=C(N)CC(=O)OCc1cccc(N2CC(Oc3ccc(=O)[nH]c3)C2)c1F. The summed E-state index contributed by atoms with van der Waals surface area (Å²) in [7, 11) is 0. The first-order valence-corrected chi connectivity index (χ1v) is 8.28. The Kier molecular flexibility index (Phi) is 5.39. The van der Waals surface area contributed by atoms with Gasteiger partial charge in [-0.3, -0.25) is 15.0 Å². The molecule has 142 valence electrons. The van der Waals surface area contributed by atoms with Crippen LogP contribution in [-0.4, -0.2) is 36.0 Å². The number of aromatic nitrogens is 1. The Hall–Kier alpha value is -3.36. The van der Waals surface area contributed by atoms with Gasteiger partial charge in [-0.25, -0.2) is 4.39 Å². The molecule has 0 saturated carbocycles. The fraction of sp³-hybridized carbons (Fsp3) is 0.278. The summed E-state index contributed by atoms with van der Waals surface area (Å²) in [6.07, 6.45) is 1.05. The minimum atomic E-state index is -0.675. The third kappa shape index (κ3) is 4.63. The van der Waals surface area contributed by atoms with E-state index in [1.165, 1.54) is 18.3 Å². The number of H-pyrrole nitrogens is 1. The second-order valence-electron chi connectivity index (χ2n) is 6.15. The van der Waals surface area contributed by atoms with Crippen molar-refractivity contribution in [3.05, 3.63) is 58.3 Å². The highest BCUT2D eigenvalue weighted by molar-refractivity contribution is 5.94. The van der Waals surface area contributed by atoms with Crippen LogP contribution in [0.1, 0.15) is 12.0 Å². The van der Waals surface area contributed by atoms with Crippen LogP contribution in [0.3, 0.4) is 0 Å². The van der Waals surface area contributed by atoms with Gasteiger partial charge in [0.1, 0.15) is 30.7 Å². The highest BCUT2D eigenvalue weighted by Gasteiger charge is 2.31. The molecule has 0 atom stereocenters. The number of nitrogens with two attached hydrogens (primary N) is 1.